The van der Waals surface area contributed by atoms with Crippen LogP contribution in [0, 0.1) is 0 Å². The van der Waals surface area contributed by atoms with E-state index in [1.165, 1.54) is 12.3 Å². The lowest BCUT2D eigenvalue weighted by atomic mass is 10.2. The Morgan fingerprint density at radius 1 is 1.35 bits per heavy atom. The van der Waals surface area contributed by atoms with Gasteiger partial charge in [0.1, 0.15) is 23.4 Å². The first-order valence-corrected chi connectivity index (χ1v) is 7.96. The Bertz CT molecular complexity index is 772. The summed E-state index contributed by atoms with van der Waals surface area (Å²) >= 11 is 1.58. The van der Waals surface area contributed by atoms with Crippen molar-refractivity contribution in [3.8, 4) is 11.3 Å². The van der Waals surface area contributed by atoms with Gasteiger partial charge in [0.05, 0.1) is 12.8 Å². The van der Waals surface area contributed by atoms with Crippen molar-refractivity contribution < 1.29 is 18.7 Å². The zero-order valence-corrected chi connectivity index (χ0v) is 13.0. The quantitative estimate of drug-likeness (QED) is 0.679. The molecule has 3 aromatic rings. The van der Waals surface area contributed by atoms with E-state index in [4.69, 9.17) is 8.83 Å². The molecule has 3 heterocycles. The number of aliphatic hydroxyl groups is 1. The van der Waals surface area contributed by atoms with Crippen LogP contribution in [0.25, 0.3) is 17.4 Å². The van der Waals surface area contributed by atoms with E-state index in [0.717, 1.165) is 5.56 Å². The van der Waals surface area contributed by atoms with Crippen molar-refractivity contribution in [1.82, 2.24) is 5.32 Å². The van der Waals surface area contributed by atoms with Gasteiger partial charge < -0.3 is 19.3 Å². The highest BCUT2D eigenvalue weighted by atomic mass is 32.1. The molecule has 1 atom stereocenters. The summed E-state index contributed by atoms with van der Waals surface area (Å²) in [6, 6.07) is 8.94. The summed E-state index contributed by atoms with van der Waals surface area (Å²) in [6.07, 6.45) is 3.54. The van der Waals surface area contributed by atoms with E-state index in [1.54, 1.807) is 41.7 Å². The molecule has 0 aromatic carbocycles. The van der Waals surface area contributed by atoms with Crippen molar-refractivity contribution >= 4 is 23.3 Å². The molecule has 6 heteroatoms. The fourth-order valence-electron chi connectivity index (χ4n) is 1.99. The van der Waals surface area contributed by atoms with Crippen molar-refractivity contribution in [2.45, 2.75) is 6.10 Å². The Kier molecular flexibility index (Phi) is 4.75. The number of furan rings is 2. The Balaban J connectivity index is 1.53. The molecule has 0 spiro atoms. The monoisotopic (exact) mass is 329 g/mol. The summed E-state index contributed by atoms with van der Waals surface area (Å²) < 4.78 is 10.7. The molecule has 3 aromatic heterocycles. The van der Waals surface area contributed by atoms with Crippen LogP contribution >= 0.6 is 11.3 Å². The van der Waals surface area contributed by atoms with Gasteiger partial charge in [0, 0.05) is 17.0 Å². The second-order valence-corrected chi connectivity index (χ2v) is 5.60. The molecular formula is C17H15NO4S. The van der Waals surface area contributed by atoms with E-state index in [0.29, 0.717) is 17.3 Å². The Hall–Kier alpha value is -2.57. The number of hydrogen-bond donors (Lipinski definition) is 2. The number of carbonyl (C=O) groups excluding carboxylic acids is 1. The summed E-state index contributed by atoms with van der Waals surface area (Å²) in [7, 11) is 0. The number of rotatable bonds is 6. The second kappa shape index (κ2) is 7.13. The second-order valence-electron chi connectivity index (χ2n) is 4.82. The first-order valence-electron chi connectivity index (χ1n) is 7.02. The molecule has 0 aliphatic carbocycles. The van der Waals surface area contributed by atoms with Gasteiger partial charge in [-0.25, -0.2) is 0 Å². The van der Waals surface area contributed by atoms with Crippen LogP contribution in [-0.4, -0.2) is 17.6 Å². The van der Waals surface area contributed by atoms with Crippen molar-refractivity contribution in [3.05, 3.63) is 65.0 Å². The number of hydrogen-bond acceptors (Lipinski definition) is 5. The molecule has 5 nitrogen and oxygen atoms in total. The van der Waals surface area contributed by atoms with Gasteiger partial charge in [0.25, 0.3) is 0 Å². The fraction of sp³-hybridized carbons (Fsp3) is 0.118. The third kappa shape index (κ3) is 4.00. The van der Waals surface area contributed by atoms with Crippen molar-refractivity contribution in [2.24, 2.45) is 0 Å². The molecule has 23 heavy (non-hydrogen) atoms. The van der Waals surface area contributed by atoms with E-state index in [2.05, 4.69) is 5.32 Å². The van der Waals surface area contributed by atoms with E-state index in [-0.39, 0.29) is 12.5 Å². The Labute approximate surface area is 136 Å². The van der Waals surface area contributed by atoms with Crippen molar-refractivity contribution in [2.75, 3.05) is 6.54 Å². The van der Waals surface area contributed by atoms with Crippen LogP contribution in [0.15, 0.2) is 62.3 Å². The minimum absolute atomic E-state index is 0.0674. The lowest BCUT2D eigenvalue weighted by molar-refractivity contribution is -0.116. The van der Waals surface area contributed by atoms with Gasteiger partial charge in [-0.15, -0.1) is 0 Å². The Morgan fingerprint density at radius 3 is 3.00 bits per heavy atom. The molecule has 0 fully saturated rings. The maximum atomic E-state index is 11.7. The molecule has 0 radical (unpaired) electrons. The molecule has 0 aliphatic heterocycles. The van der Waals surface area contributed by atoms with Gasteiger partial charge in [-0.3, -0.25) is 4.79 Å². The number of aliphatic hydroxyl groups excluding tert-OH is 1. The minimum atomic E-state index is -0.900. The highest BCUT2D eigenvalue weighted by molar-refractivity contribution is 7.08. The van der Waals surface area contributed by atoms with Crippen LogP contribution in [0.5, 0.6) is 0 Å². The van der Waals surface area contributed by atoms with Gasteiger partial charge in [-0.1, -0.05) is 0 Å². The molecule has 118 valence electrons. The average molecular weight is 329 g/mol. The lowest BCUT2D eigenvalue weighted by Crippen LogP contribution is -2.26. The summed E-state index contributed by atoms with van der Waals surface area (Å²) in [6.45, 7) is 0.0674. The molecule has 1 amide bonds. The van der Waals surface area contributed by atoms with Crippen LogP contribution in [0.1, 0.15) is 17.6 Å². The summed E-state index contributed by atoms with van der Waals surface area (Å²) in [5.41, 5.74) is 0.971. The highest BCUT2D eigenvalue weighted by Gasteiger charge is 2.14. The summed E-state index contributed by atoms with van der Waals surface area (Å²) in [4.78, 5) is 11.7. The molecule has 0 saturated heterocycles. The van der Waals surface area contributed by atoms with Gasteiger partial charge in [0.2, 0.25) is 5.91 Å². The zero-order valence-electron chi connectivity index (χ0n) is 12.1. The predicted molar refractivity (Wildman–Crippen MR) is 87.7 cm³/mol. The number of nitrogens with one attached hydrogen (secondary N) is 1. The number of carbonyl (C=O) groups is 1. The Morgan fingerprint density at radius 2 is 2.26 bits per heavy atom. The highest BCUT2D eigenvalue weighted by Crippen LogP contribution is 2.26. The number of amides is 1. The zero-order chi connectivity index (χ0) is 16.1. The number of thiophene rings is 1. The van der Waals surface area contributed by atoms with Gasteiger partial charge in [-0.2, -0.15) is 11.3 Å². The fourth-order valence-corrected chi connectivity index (χ4v) is 2.64. The van der Waals surface area contributed by atoms with Crippen LogP contribution in [0.2, 0.25) is 0 Å². The molecule has 0 bridgehead atoms. The first-order chi connectivity index (χ1) is 11.2. The predicted octanol–water partition coefficient (Wildman–Crippen LogP) is 3.46. The molecule has 3 rings (SSSR count). The first kappa shape index (κ1) is 15.3. The summed E-state index contributed by atoms with van der Waals surface area (Å²) in [5, 5.41) is 16.6. The van der Waals surface area contributed by atoms with E-state index in [1.807, 2.05) is 16.8 Å². The molecule has 0 aliphatic rings. The molecule has 0 saturated carbocycles. The minimum Gasteiger partial charge on any atom is -0.465 e. The van der Waals surface area contributed by atoms with Crippen molar-refractivity contribution in [3.63, 3.8) is 0 Å². The maximum absolute atomic E-state index is 11.7. The van der Waals surface area contributed by atoms with Crippen molar-refractivity contribution in [1.29, 1.82) is 0 Å². The van der Waals surface area contributed by atoms with Gasteiger partial charge in [0.15, 0.2) is 0 Å². The SMILES string of the molecule is O=C(/C=C/c1ccco1)NC[C@@H](O)c1ccc(-c2ccsc2)o1. The van der Waals surface area contributed by atoms with E-state index >= 15 is 0 Å². The molecular weight excluding hydrogens is 314 g/mol. The molecule has 2 N–H and O–H groups in total. The third-order valence-electron chi connectivity index (χ3n) is 3.17. The smallest absolute Gasteiger partial charge is 0.244 e. The normalized spacial score (nSPS) is 12.6. The van der Waals surface area contributed by atoms with E-state index in [9.17, 15) is 9.90 Å². The van der Waals surface area contributed by atoms with Crippen LogP contribution in [0.3, 0.4) is 0 Å². The third-order valence-corrected chi connectivity index (χ3v) is 3.86. The average Bonchev–Trinajstić information content (AvgIpc) is 3.31. The van der Waals surface area contributed by atoms with Crippen LogP contribution < -0.4 is 5.32 Å². The van der Waals surface area contributed by atoms with E-state index < -0.39 is 6.10 Å². The maximum Gasteiger partial charge on any atom is 0.244 e. The lowest BCUT2D eigenvalue weighted by Gasteiger charge is -2.08. The van der Waals surface area contributed by atoms with Crippen LogP contribution in [0.4, 0.5) is 0 Å². The standard InChI is InChI=1S/C17H15NO4S/c19-14(10-18-17(20)6-3-13-2-1-8-21-13)16-5-4-15(22-16)12-7-9-23-11-12/h1-9,11,14,19H,10H2,(H,18,20)/b6-3+/t14-/m1/s1. The van der Waals surface area contributed by atoms with Gasteiger partial charge in [-0.05, 0) is 41.8 Å². The molecule has 0 unspecified atom stereocenters. The topological polar surface area (TPSA) is 75.6 Å². The van der Waals surface area contributed by atoms with Gasteiger partial charge >= 0.3 is 0 Å². The van der Waals surface area contributed by atoms with Crippen LogP contribution in [-0.2, 0) is 4.79 Å². The largest absolute Gasteiger partial charge is 0.465 e. The summed E-state index contributed by atoms with van der Waals surface area (Å²) in [5.74, 6) is 1.39.